The minimum absolute atomic E-state index is 0.268. The number of fused-ring (bicyclic) bond motifs is 1. The van der Waals surface area contributed by atoms with Crippen molar-refractivity contribution in [1.82, 2.24) is 4.98 Å². The van der Waals surface area contributed by atoms with Gasteiger partial charge in [0.1, 0.15) is 5.58 Å². The van der Waals surface area contributed by atoms with Crippen molar-refractivity contribution < 1.29 is 27.1 Å². The highest BCUT2D eigenvalue weighted by atomic mass is 32.2. The molecule has 0 spiro atoms. The van der Waals surface area contributed by atoms with Crippen molar-refractivity contribution in [3.8, 4) is 11.1 Å². The first-order valence-electron chi connectivity index (χ1n) is 9.17. The summed E-state index contributed by atoms with van der Waals surface area (Å²) in [5.74, 6) is 0. The number of hydrogen-bond acceptors (Lipinski definition) is 7. The van der Waals surface area contributed by atoms with E-state index < -0.39 is 23.8 Å². The van der Waals surface area contributed by atoms with E-state index in [1.807, 2.05) is 0 Å². The smallest absolute Gasteiger partial charge is 0.422 e. The average molecular weight is 467 g/mol. The molecule has 0 saturated heterocycles. The molecular weight excluding hydrogens is 451 g/mol. The lowest BCUT2D eigenvalue weighted by atomic mass is 9.99. The molecular formula is C21H16F3NO4S2. The largest absolute Gasteiger partial charge is 0.472 e. The zero-order chi connectivity index (χ0) is 22.4. The van der Waals surface area contributed by atoms with Crippen LogP contribution in [0.25, 0.3) is 22.1 Å². The Balaban J connectivity index is 1.71. The fourth-order valence-electron chi connectivity index (χ4n) is 3.23. The number of nitrogens with zero attached hydrogens (tertiary/aromatic N) is 1. The molecule has 0 radical (unpaired) electrons. The highest BCUT2D eigenvalue weighted by molar-refractivity contribution is 8.01. The summed E-state index contributed by atoms with van der Waals surface area (Å²) in [4.78, 5) is 16.7. The molecule has 3 aromatic heterocycles. The third-order valence-electron chi connectivity index (χ3n) is 4.99. The SMILES string of the molecule is CCC(O)(c1cnc(Sc2ccc3c(-c4ccoc4)c(C)c(=O)oc3c2)s1)C(F)(F)F. The Morgan fingerprint density at radius 3 is 2.68 bits per heavy atom. The van der Waals surface area contributed by atoms with Gasteiger partial charge in [0.15, 0.2) is 9.94 Å². The van der Waals surface area contributed by atoms with E-state index in [-0.39, 0.29) is 4.88 Å². The van der Waals surface area contributed by atoms with Gasteiger partial charge in [-0.2, -0.15) is 13.2 Å². The van der Waals surface area contributed by atoms with Crippen molar-refractivity contribution in [1.29, 1.82) is 0 Å². The number of aromatic nitrogens is 1. The standard InChI is InChI=1S/C21H16F3NO4S2/c1-3-20(27,21(22,23)24)16-9-25-19(31-16)30-13-4-5-14-15(8-13)29-18(26)11(2)17(14)12-6-7-28-10-12/h4-10,27H,3H2,1-2H3. The molecule has 4 rings (SSSR count). The van der Waals surface area contributed by atoms with Crippen molar-refractivity contribution in [3.05, 3.63) is 63.8 Å². The lowest BCUT2D eigenvalue weighted by Gasteiger charge is -2.27. The van der Waals surface area contributed by atoms with Gasteiger partial charge >= 0.3 is 11.8 Å². The quantitative estimate of drug-likeness (QED) is 0.356. The second kappa shape index (κ2) is 7.85. The van der Waals surface area contributed by atoms with Gasteiger partial charge in [-0.1, -0.05) is 18.7 Å². The van der Waals surface area contributed by atoms with E-state index in [2.05, 4.69) is 4.98 Å². The molecule has 0 aliphatic rings. The van der Waals surface area contributed by atoms with Gasteiger partial charge in [-0.3, -0.25) is 0 Å². The number of alkyl halides is 3. The molecule has 31 heavy (non-hydrogen) atoms. The van der Waals surface area contributed by atoms with Crippen LogP contribution in [0.1, 0.15) is 23.8 Å². The Morgan fingerprint density at radius 2 is 2.03 bits per heavy atom. The highest BCUT2D eigenvalue weighted by Crippen LogP contribution is 2.45. The first-order valence-corrected chi connectivity index (χ1v) is 10.8. The van der Waals surface area contributed by atoms with Crippen LogP contribution in [-0.2, 0) is 5.60 Å². The number of aliphatic hydroxyl groups is 1. The molecule has 0 amide bonds. The molecule has 0 fully saturated rings. The molecule has 1 atom stereocenters. The number of halogens is 3. The van der Waals surface area contributed by atoms with Gasteiger partial charge in [-0.15, -0.1) is 11.3 Å². The van der Waals surface area contributed by atoms with Gasteiger partial charge in [0, 0.05) is 33.2 Å². The monoisotopic (exact) mass is 467 g/mol. The third-order valence-corrected chi connectivity index (χ3v) is 7.21. The topological polar surface area (TPSA) is 76.5 Å². The summed E-state index contributed by atoms with van der Waals surface area (Å²) in [7, 11) is 0. The Bertz CT molecular complexity index is 1290. The molecule has 1 unspecified atom stereocenters. The second-order valence-corrected chi connectivity index (χ2v) is 9.21. The summed E-state index contributed by atoms with van der Waals surface area (Å²) < 4.78 is 50.8. The summed E-state index contributed by atoms with van der Waals surface area (Å²) in [5, 5.41) is 10.8. The molecule has 0 aliphatic heterocycles. The highest BCUT2D eigenvalue weighted by Gasteiger charge is 2.54. The summed E-state index contributed by atoms with van der Waals surface area (Å²) >= 11 is 1.90. The van der Waals surface area contributed by atoms with E-state index in [0.29, 0.717) is 31.3 Å². The van der Waals surface area contributed by atoms with Crippen molar-refractivity contribution in [3.63, 3.8) is 0 Å². The Kier molecular flexibility index (Phi) is 5.48. The first-order chi connectivity index (χ1) is 14.6. The van der Waals surface area contributed by atoms with Gasteiger partial charge < -0.3 is 13.9 Å². The van der Waals surface area contributed by atoms with Crippen LogP contribution in [0.15, 0.2) is 65.9 Å². The van der Waals surface area contributed by atoms with Gasteiger partial charge in [-0.05, 0) is 37.6 Å². The van der Waals surface area contributed by atoms with Gasteiger partial charge in [0.05, 0.1) is 17.4 Å². The average Bonchev–Trinajstić information content (AvgIpc) is 3.40. The van der Waals surface area contributed by atoms with Crippen LogP contribution in [0.2, 0.25) is 0 Å². The number of hydrogen-bond donors (Lipinski definition) is 1. The van der Waals surface area contributed by atoms with E-state index in [9.17, 15) is 23.1 Å². The number of thiazole rings is 1. The Hall–Kier alpha value is -2.56. The van der Waals surface area contributed by atoms with E-state index in [1.54, 1.807) is 31.2 Å². The van der Waals surface area contributed by atoms with Crippen molar-refractivity contribution in [2.45, 2.75) is 41.3 Å². The third kappa shape index (κ3) is 3.79. The van der Waals surface area contributed by atoms with Crippen LogP contribution >= 0.6 is 23.1 Å². The lowest BCUT2D eigenvalue weighted by Crippen LogP contribution is -2.40. The fraction of sp³-hybridized carbons (Fsp3) is 0.238. The zero-order valence-corrected chi connectivity index (χ0v) is 18.0. The molecule has 10 heteroatoms. The maximum atomic E-state index is 13.3. The van der Waals surface area contributed by atoms with E-state index in [4.69, 9.17) is 8.83 Å². The second-order valence-electron chi connectivity index (χ2n) is 6.86. The van der Waals surface area contributed by atoms with Crippen molar-refractivity contribution in [2.24, 2.45) is 0 Å². The predicted molar refractivity (Wildman–Crippen MR) is 111 cm³/mol. The summed E-state index contributed by atoms with van der Waals surface area (Å²) in [6.45, 7) is 2.94. The molecule has 162 valence electrons. The van der Waals surface area contributed by atoms with Gasteiger partial charge in [0.2, 0.25) is 0 Å². The Labute approximate surface area is 182 Å². The maximum Gasteiger partial charge on any atom is 0.422 e. The molecule has 1 aromatic carbocycles. The molecule has 0 saturated carbocycles. The van der Waals surface area contributed by atoms with Crippen LogP contribution in [-0.4, -0.2) is 16.3 Å². The number of rotatable bonds is 5. The summed E-state index contributed by atoms with van der Waals surface area (Å²) in [6, 6.07) is 6.94. The fourth-order valence-corrected chi connectivity index (χ4v) is 5.39. The molecule has 1 N–H and O–H groups in total. The zero-order valence-electron chi connectivity index (χ0n) is 16.3. The predicted octanol–water partition coefficient (Wildman–Crippen LogP) is 6.13. The normalized spacial score (nSPS) is 14.1. The van der Waals surface area contributed by atoms with E-state index in [1.165, 1.54) is 19.5 Å². The number of furan rings is 1. The van der Waals surface area contributed by atoms with Crippen molar-refractivity contribution >= 4 is 34.1 Å². The minimum atomic E-state index is -4.80. The maximum absolute atomic E-state index is 13.3. The van der Waals surface area contributed by atoms with Gasteiger partial charge in [-0.25, -0.2) is 9.78 Å². The Morgan fingerprint density at radius 1 is 1.26 bits per heavy atom. The van der Waals surface area contributed by atoms with E-state index >= 15 is 0 Å². The van der Waals surface area contributed by atoms with Crippen LogP contribution < -0.4 is 5.63 Å². The lowest BCUT2D eigenvalue weighted by molar-refractivity contribution is -0.266. The number of benzene rings is 1. The molecule has 5 nitrogen and oxygen atoms in total. The van der Waals surface area contributed by atoms with Gasteiger partial charge in [0.25, 0.3) is 0 Å². The van der Waals surface area contributed by atoms with Crippen molar-refractivity contribution in [2.75, 3.05) is 0 Å². The van der Waals surface area contributed by atoms with Crippen LogP contribution in [0, 0.1) is 6.92 Å². The molecule has 3 heterocycles. The molecule has 0 bridgehead atoms. The van der Waals surface area contributed by atoms with Crippen LogP contribution in [0.3, 0.4) is 0 Å². The summed E-state index contributed by atoms with van der Waals surface area (Å²) in [6.07, 6.45) is -1.22. The van der Waals surface area contributed by atoms with Crippen LogP contribution in [0.4, 0.5) is 13.2 Å². The van der Waals surface area contributed by atoms with E-state index in [0.717, 1.165) is 34.9 Å². The summed E-state index contributed by atoms with van der Waals surface area (Å²) in [5.41, 5.74) is -1.19. The molecule has 0 aliphatic carbocycles. The molecule has 4 aromatic rings. The first kappa shape index (κ1) is 21.7. The minimum Gasteiger partial charge on any atom is -0.472 e. The van der Waals surface area contributed by atoms with Crippen LogP contribution in [0.5, 0.6) is 0 Å².